The number of nitrogens with zero attached hydrogens (tertiary/aromatic N) is 1. The van der Waals surface area contributed by atoms with Gasteiger partial charge in [0.1, 0.15) is 0 Å². The van der Waals surface area contributed by atoms with Crippen molar-refractivity contribution in [2.45, 2.75) is 13.8 Å². The molecule has 0 atom stereocenters. The van der Waals surface area contributed by atoms with E-state index in [4.69, 9.17) is 21.1 Å². The van der Waals surface area contributed by atoms with Crippen molar-refractivity contribution in [1.29, 1.82) is 0 Å². The predicted octanol–water partition coefficient (Wildman–Crippen LogP) is 5.24. The quantitative estimate of drug-likeness (QED) is 0.425. The van der Waals surface area contributed by atoms with E-state index in [1.165, 1.54) is 11.8 Å². The first-order valence-electron chi connectivity index (χ1n) is 8.99. The Morgan fingerprint density at radius 1 is 1.30 bits per heavy atom. The van der Waals surface area contributed by atoms with E-state index in [9.17, 15) is 9.59 Å². The van der Waals surface area contributed by atoms with Gasteiger partial charge in [-0.25, -0.2) is 9.79 Å². The number of ether oxygens (including phenoxy) is 2. The lowest BCUT2D eigenvalue weighted by Gasteiger charge is -2.10. The summed E-state index contributed by atoms with van der Waals surface area (Å²) >= 11 is 10.9. The molecule has 6 nitrogen and oxygen atoms in total. The number of aliphatic imine (C=N–C) groups is 1. The Morgan fingerprint density at radius 3 is 2.70 bits per heavy atom. The number of hydrogen-bond donors (Lipinski definition) is 1. The summed E-state index contributed by atoms with van der Waals surface area (Å²) < 4.78 is 10.8. The van der Waals surface area contributed by atoms with Crippen molar-refractivity contribution in [2.24, 2.45) is 4.99 Å². The third kappa shape index (κ3) is 5.87. The summed E-state index contributed by atoms with van der Waals surface area (Å²) in [6.07, 6.45) is 1.71. The summed E-state index contributed by atoms with van der Waals surface area (Å²) in [6.45, 7) is 3.75. The number of benzene rings is 2. The number of thioether (sulfide) groups is 1. The molecule has 1 N–H and O–H groups in total. The molecule has 1 heterocycles. The fourth-order valence-electron chi connectivity index (χ4n) is 2.50. The van der Waals surface area contributed by atoms with E-state index < -0.39 is 5.97 Å². The molecule has 1 aliphatic rings. The second-order valence-corrected chi connectivity index (χ2v) is 8.52. The molecule has 2 aromatic carbocycles. The monoisotopic (exact) mass is 508 g/mol. The summed E-state index contributed by atoms with van der Waals surface area (Å²) in [7, 11) is 0. The minimum Gasteiger partial charge on any atom is -0.479 e. The topological polar surface area (TPSA) is 77.0 Å². The molecule has 0 radical (unpaired) electrons. The zero-order chi connectivity index (χ0) is 21.7. The lowest BCUT2D eigenvalue weighted by molar-refractivity contribution is -0.145. The predicted molar refractivity (Wildman–Crippen MR) is 123 cm³/mol. The highest BCUT2D eigenvalue weighted by Gasteiger charge is 2.24. The van der Waals surface area contributed by atoms with Gasteiger partial charge in [-0.15, -0.1) is 0 Å². The molecule has 1 fully saturated rings. The van der Waals surface area contributed by atoms with Crippen molar-refractivity contribution < 1.29 is 19.1 Å². The highest BCUT2D eigenvalue weighted by molar-refractivity contribution is 9.10. The van der Waals surface area contributed by atoms with Crippen molar-refractivity contribution in [3.8, 4) is 5.75 Å². The van der Waals surface area contributed by atoms with Crippen LogP contribution in [0.15, 0.2) is 50.8 Å². The fourth-order valence-corrected chi connectivity index (χ4v) is 4.33. The van der Waals surface area contributed by atoms with E-state index in [1.54, 1.807) is 25.1 Å². The molecule has 0 unspecified atom stereocenters. The second kappa shape index (κ2) is 10.1. The van der Waals surface area contributed by atoms with Crippen molar-refractivity contribution in [1.82, 2.24) is 5.32 Å². The first-order valence-corrected chi connectivity index (χ1v) is 11.0. The Bertz CT molecular complexity index is 1010. The molecule has 0 spiro atoms. The van der Waals surface area contributed by atoms with E-state index >= 15 is 0 Å². The molecule has 9 heteroatoms. The highest BCUT2D eigenvalue weighted by Crippen LogP contribution is 2.36. The number of rotatable bonds is 6. The van der Waals surface area contributed by atoms with Crippen LogP contribution in [0.4, 0.5) is 5.69 Å². The molecule has 0 aliphatic carbocycles. The second-order valence-electron chi connectivity index (χ2n) is 6.22. The zero-order valence-electron chi connectivity index (χ0n) is 16.2. The number of amides is 1. The normalized spacial score (nSPS) is 16.1. The van der Waals surface area contributed by atoms with Crippen LogP contribution in [-0.2, 0) is 14.3 Å². The Labute approximate surface area is 191 Å². The van der Waals surface area contributed by atoms with E-state index in [2.05, 4.69) is 26.2 Å². The van der Waals surface area contributed by atoms with Crippen LogP contribution in [0.3, 0.4) is 0 Å². The number of nitrogens with one attached hydrogen (secondary N) is 1. The Morgan fingerprint density at radius 2 is 2.03 bits per heavy atom. The number of amidine groups is 1. The van der Waals surface area contributed by atoms with Crippen molar-refractivity contribution in [3.63, 3.8) is 0 Å². The Balaban J connectivity index is 1.75. The van der Waals surface area contributed by atoms with Crippen molar-refractivity contribution in [2.75, 3.05) is 13.2 Å². The van der Waals surface area contributed by atoms with Crippen LogP contribution < -0.4 is 10.1 Å². The summed E-state index contributed by atoms with van der Waals surface area (Å²) in [5, 5.41) is 3.57. The maximum atomic E-state index is 12.3. The molecule has 0 bridgehead atoms. The van der Waals surface area contributed by atoms with Gasteiger partial charge in [0.05, 0.1) is 26.7 Å². The maximum Gasteiger partial charge on any atom is 0.344 e. The van der Waals surface area contributed by atoms with Gasteiger partial charge in [-0.1, -0.05) is 29.3 Å². The van der Waals surface area contributed by atoms with Gasteiger partial charge in [-0.05, 0) is 77.4 Å². The maximum absolute atomic E-state index is 12.3. The van der Waals surface area contributed by atoms with E-state index in [0.717, 1.165) is 11.3 Å². The molecular formula is C21H18BrClN2O4S. The van der Waals surface area contributed by atoms with E-state index in [0.29, 0.717) is 30.9 Å². The molecule has 156 valence electrons. The zero-order valence-corrected chi connectivity index (χ0v) is 19.4. The molecule has 0 saturated carbocycles. The van der Waals surface area contributed by atoms with Crippen LogP contribution in [0, 0.1) is 6.92 Å². The first kappa shape index (κ1) is 22.4. The summed E-state index contributed by atoms with van der Waals surface area (Å²) in [5.41, 5.74) is 2.60. The Hall–Kier alpha value is -2.29. The molecule has 3 rings (SSSR count). The molecular weight excluding hydrogens is 492 g/mol. The lowest BCUT2D eigenvalue weighted by Crippen LogP contribution is -2.19. The number of hydrogen-bond acceptors (Lipinski definition) is 6. The van der Waals surface area contributed by atoms with Gasteiger partial charge in [0.2, 0.25) is 0 Å². The molecule has 1 amide bonds. The number of halogens is 2. The minimum absolute atomic E-state index is 0.235. The van der Waals surface area contributed by atoms with E-state index in [1.807, 2.05) is 31.2 Å². The van der Waals surface area contributed by atoms with Crippen LogP contribution in [0.1, 0.15) is 18.1 Å². The average Bonchev–Trinajstić information content (AvgIpc) is 3.02. The van der Waals surface area contributed by atoms with Crippen molar-refractivity contribution in [3.05, 3.63) is 61.9 Å². The smallest absolute Gasteiger partial charge is 0.344 e. The summed E-state index contributed by atoms with van der Waals surface area (Å²) in [6, 6.07) is 11.1. The van der Waals surface area contributed by atoms with Crippen LogP contribution in [0.5, 0.6) is 5.75 Å². The van der Waals surface area contributed by atoms with Gasteiger partial charge in [0, 0.05) is 0 Å². The van der Waals surface area contributed by atoms with Gasteiger partial charge < -0.3 is 14.8 Å². The highest BCUT2D eigenvalue weighted by atomic mass is 79.9. The largest absolute Gasteiger partial charge is 0.479 e. The van der Waals surface area contributed by atoms with Crippen LogP contribution in [-0.4, -0.2) is 30.3 Å². The number of esters is 1. The Kier molecular flexibility index (Phi) is 7.58. The van der Waals surface area contributed by atoms with E-state index in [-0.39, 0.29) is 19.1 Å². The summed E-state index contributed by atoms with van der Waals surface area (Å²) in [5.74, 6) is -0.385. The van der Waals surface area contributed by atoms with Gasteiger partial charge in [0.15, 0.2) is 17.5 Å². The van der Waals surface area contributed by atoms with Crippen LogP contribution in [0.25, 0.3) is 6.08 Å². The van der Waals surface area contributed by atoms with Gasteiger partial charge in [0.25, 0.3) is 5.91 Å². The third-order valence-electron chi connectivity index (χ3n) is 3.87. The fraction of sp³-hybridized carbons (Fsp3) is 0.190. The molecule has 30 heavy (non-hydrogen) atoms. The molecule has 2 aromatic rings. The van der Waals surface area contributed by atoms with Crippen LogP contribution in [0.2, 0.25) is 5.02 Å². The van der Waals surface area contributed by atoms with Crippen LogP contribution >= 0.6 is 39.3 Å². The minimum atomic E-state index is -0.480. The van der Waals surface area contributed by atoms with Crippen molar-refractivity contribution >= 4 is 68.1 Å². The van der Waals surface area contributed by atoms with Gasteiger partial charge in [-0.3, -0.25) is 4.79 Å². The summed E-state index contributed by atoms with van der Waals surface area (Å²) in [4.78, 5) is 28.7. The molecule has 0 aromatic heterocycles. The van der Waals surface area contributed by atoms with Gasteiger partial charge in [-0.2, -0.15) is 0 Å². The molecule has 1 aliphatic heterocycles. The third-order valence-corrected chi connectivity index (χ3v) is 5.65. The average molecular weight is 510 g/mol. The first-order chi connectivity index (χ1) is 14.4. The van der Waals surface area contributed by atoms with Gasteiger partial charge >= 0.3 is 5.97 Å². The number of carbonyl (C=O) groups is 2. The molecule has 1 saturated heterocycles. The number of aryl methyl sites for hydroxylation is 1. The lowest BCUT2D eigenvalue weighted by atomic mass is 10.2. The standard InChI is InChI=1S/C21H18BrClN2O4S/c1-3-28-18(26)11-29-19-15(22)8-13(9-16(19)23)10-17-20(27)25-21(30-17)24-14-6-4-12(2)5-7-14/h4-10H,3,11H2,1-2H3,(H,24,25,27)/b17-10+. The number of carbonyl (C=O) groups excluding carboxylic acids is 2. The SMILES string of the molecule is CCOC(=O)COc1c(Cl)cc(/C=C2/SC(=Nc3ccc(C)cc3)NC2=O)cc1Br.